The highest BCUT2D eigenvalue weighted by atomic mass is 32.2. The molecule has 1 fully saturated rings. The zero-order valence-electron chi connectivity index (χ0n) is 11.3. The summed E-state index contributed by atoms with van der Waals surface area (Å²) in [6.07, 6.45) is 6.47. The van der Waals surface area contributed by atoms with E-state index in [1.807, 2.05) is 0 Å². The molecule has 1 aromatic rings. The summed E-state index contributed by atoms with van der Waals surface area (Å²) in [5, 5.41) is 2.56. The van der Waals surface area contributed by atoms with E-state index < -0.39 is 15.3 Å². The number of hydrogen-bond donors (Lipinski definition) is 1. The summed E-state index contributed by atoms with van der Waals surface area (Å²) in [5.74, 6) is 0. The zero-order chi connectivity index (χ0) is 13.9. The van der Waals surface area contributed by atoms with Gasteiger partial charge in [0.15, 0.2) is 0 Å². The van der Waals surface area contributed by atoms with Gasteiger partial charge in [-0.15, -0.1) is 0 Å². The van der Waals surface area contributed by atoms with Crippen molar-refractivity contribution in [2.24, 2.45) is 0 Å². The number of hydrogen-bond acceptors (Lipinski definition) is 5. The SMILES string of the molecule is C[C@H](c1cnccn1)S(=O)(=O)N(C)[C@@H]1CCCNC1. The summed E-state index contributed by atoms with van der Waals surface area (Å²) in [6, 6.07) is 0.0258. The van der Waals surface area contributed by atoms with Crippen LogP contribution in [0, 0.1) is 0 Å². The van der Waals surface area contributed by atoms with Gasteiger partial charge in [-0.2, -0.15) is 0 Å². The van der Waals surface area contributed by atoms with Crippen LogP contribution in [0.4, 0.5) is 0 Å². The lowest BCUT2D eigenvalue weighted by Gasteiger charge is -2.32. The summed E-state index contributed by atoms with van der Waals surface area (Å²) in [5.41, 5.74) is 0.484. The lowest BCUT2D eigenvalue weighted by molar-refractivity contribution is 0.297. The Balaban J connectivity index is 2.17. The van der Waals surface area contributed by atoms with E-state index >= 15 is 0 Å². The van der Waals surface area contributed by atoms with E-state index in [0.29, 0.717) is 12.2 Å². The Labute approximate surface area is 114 Å². The molecule has 0 spiro atoms. The zero-order valence-corrected chi connectivity index (χ0v) is 12.1. The van der Waals surface area contributed by atoms with Crippen molar-refractivity contribution in [1.29, 1.82) is 0 Å². The molecule has 2 heterocycles. The van der Waals surface area contributed by atoms with E-state index in [1.165, 1.54) is 22.9 Å². The van der Waals surface area contributed by atoms with Gasteiger partial charge in [-0.25, -0.2) is 12.7 Å². The summed E-state index contributed by atoms with van der Waals surface area (Å²) in [4.78, 5) is 8.02. The highest BCUT2D eigenvalue weighted by molar-refractivity contribution is 7.89. The fourth-order valence-electron chi connectivity index (χ4n) is 2.27. The van der Waals surface area contributed by atoms with Gasteiger partial charge in [0.25, 0.3) is 0 Å². The normalized spacial score (nSPS) is 22.4. The van der Waals surface area contributed by atoms with Crippen molar-refractivity contribution in [2.75, 3.05) is 20.1 Å². The molecule has 0 amide bonds. The Morgan fingerprint density at radius 1 is 1.47 bits per heavy atom. The lowest BCUT2D eigenvalue weighted by Crippen LogP contribution is -2.47. The van der Waals surface area contributed by atoms with Gasteiger partial charge >= 0.3 is 0 Å². The van der Waals surface area contributed by atoms with Gasteiger partial charge in [-0.1, -0.05) is 0 Å². The van der Waals surface area contributed by atoms with Gasteiger partial charge in [0.1, 0.15) is 5.25 Å². The molecule has 1 aliphatic heterocycles. The number of sulfonamides is 1. The first-order chi connectivity index (χ1) is 9.03. The fourth-order valence-corrected chi connectivity index (χ4v) is 3.80. The van der Waals surface area contributed by atoms with Crippen LogP contribution in [0.2, 0.25) is 0 Å². The third-order valence-corrected chi connectivity index (χ3v) is 5.87. The fraction of sp³-hybridized carbons (Fsp3) is 0.667. The molecule has 1 aliphatic rings. The van der Waals surface area contributed by atoms with E-state index in [1.54, 1.807) is 14.0 Å². The van der Waals surface area contributed by atoms with Crippen LogP contribution in [-0.4, -0.2) is 48.9 Å². The number of rotatable bonds is 4. The maximum atomic E-state index is 12.6. The van der Waals surface area contributed by atoms with E-state index in [0.717, 1.165) is 19.4 Å². The van der Waals surface area contributed by atoms with Crippen LogP contribution < -0.4 is 5.32 Å². The lowest BCUT2D eigenvalue weighted by atomic mass is 10.1. The van der Waals surface area contributed by atoms with Gasteiger partial charge in [-0.05, 0) is 26.3 Å². The third kappa shape index (κ3) is 3.10. The molecule has 0 bridgehead atoms. The Morgan fingerprint density at radius 3 is 2.84 bits per heavy atom. The number of aromatic nitrogens is 2. The van der Waals surface area contributed by atoms with E-state index in [4.69, 9.17) is 0 Å². The molecule has 1 N–H and O–H groups in total. The van der Waals surface area contributed by atoms with Crippen LogP contribution in [0.5, 0.6) is 0 Å². The molecule has 19 heavy (non-hydrogen) atoms. The molecule has 2 rings (SSSR count). The van der Waals surface area contributed by atoms with Crippen molar-refractivity contribution in [3.05, 3.63) is 24.3 Å². The monoisotopic (exact) mass is 284 g/mol. The Bertz CT molecular complexity index is 500. The van der Waals surface area contributed by atoms with Gasteiger partial charge in [-0.3, -0.25) is 9.97 Å². The highest BCUT2D eigenvalue weighted by Crippen LogP contribution is 2.25. The van der Waals surface area contributed by atoms with E-state index in [2.05, 4.69) is 15.3 Å². The molecule has 0 aromatic carbocycles. The average molecular weight is 284 g/mol. The molecular formula is C12H20N4O2S. The van der Waals surface area contributed by atoms with Crippen LogP contribution in [0.15, 0.2) is 18.6 Å². The molecule has 0 aliphatic carbocycles. The van der Waals surface area contributed by atoms with Gasteiger partial charge in [0.2, 0.25) is 10.0 Å². The molecule has 7 heteroatoms. The second-order valence-corrected chi connectivity index (χ2v) is 7.15. The van der Waals surface area contributed by atoms with Crippen LogP contribution in [-0.2, 0) is 10.0 Å². The Kier molecular flexibility index (Phi) is 4.49. The maximum Gasteiger partial charge on any atom is 0.222 e. The third-order valence-electron chi connectivity index (χ3n) is 3.63. The number of likely N-dealkylation sites (N-methyl/N-ethyl adjacent to an activating group) is 1. The van der Waals surface area contributed by atoms with Gasteiger partial charge < -0.3 is 5.32 Å². The smallest absolute Gasteiger partial charge is 0.222 e. The van der Waals surface area contributed by atoms with Crippen LogP contribution in [0.25, 0.3) is 0 Å². The summed E-state index contributed by atoms with van der Waals surface area (Å²) in [7, 11) is -1.75. The first-order valence-electron chi connectivity index (χ1n) is 6.47. The van der Waals surface area contributed by atoms with Gasteiger partial charge in [0, 0.05) is 38.2 Å². The van der Waals surface area contributed by atoms with Crippen LogP contribution in [0.1, 0.15) is 30.7 Å². The second-order valence-electron chi connectivity index (χ2n) is 4.83. The summed E-state index contributed by atoms with van der Waals surface area (Å²) < 4.78 is 26.6. The minimum atomic E-state index is -3.40. The van der Waals surface area contributed by atoms with E-state index in [9.17, 15) is 8.42 Å². The van der Waals surface area contributed by atoms with Crippen molar-refractivity contribution < 1.29 is 8.42 Å². The first-order valence-corrected chi connectivity index (χ1v) is 7.97. The first kappa shape index (κ1) is 14.4. The molecule has 1 aromatic heterocycles. The summed E-state index contributed by atoms with van der Waals surface area (Å²) >= 11 is 0. The number of nitrogens with zero attached hydrogens (tertiary/aromatic N) is 3. The Hall–Kier alpha value is -1.05. The summed E-state index contributed by atoms with van der Waals surface area (Å²) in [6.45, 7) is 3.33. The van der Waals surface area contributed by atoms with Crippen molar-refractivity contribution >= 4 is 10.0 Å². The molecule has 1 saturated heterocycles. The highest BCUT2D eigenvalue weighted by Gasteiger charge is 2.33. The van der Waals surface area contributed by atoms with Crippen LogP contribution in [0.3, 0.4) is 0 Å². The van der Waals surface area contributed by atoms with E-state index in [-0.39, 0.29) is 6.04 Å². The minimum absolute atomic E-state index is 0.0258. The van der Waals surface area contributed by atoms with Crippen molar-refractivity contribution in [3.8, 4) is 0 Å². The second kappa shape index (κ2) is 5.94. The molecule has 106 valence electrons. The van der Waals surface area contributed by atoms with Crippen molar-refractivity contribution in [2.45, 2.75) is 31.1 Å². The predicted octanol–water partition coefficient (Wildman–Crippen LogP) is 0.551. The molecule has 0 unspecified atom stereocenters. The molecule has 0 radical (unpaired) electrons. The predicted molar refractivity (Wildman–Crippen MR) is 73.0 cm³/mol. The number of piperidine rings is 1. The van der Waals surface area contributed by atoms with Crippen LogP contribution >= 0.6 is 0 Å². The molecule has 6 nitrogen and oxygen atoms in total. The topological polar surface area (TPSA) is 75.2 Å². The van der Waals surface area contributed by atoms with Crippen molar-refractivity contribution in [1.82, 2.24) is 19.6 Å². The quantitative estimate of drug-likeness (QED) is 0.874. The maximum absolute atomic E-state index is 12.6. The molecule has 2 atom stereocenters. The Morgan fingerprint density at radius 2 is 2.26 bits per heavy atom. The van der Waals surface area contributed by atoms with Crippen molar-refractivity contribution in [3.63, 3.8) is 0 Å². The largest absolute Gasteiger partial charge is 0.315 e. The van der Waals surface area contributed by atoms with Gasteiger partial charge in [0.05, 0.1) is 5.69 Å². The standard InChI is InChI=1S/C12H20N4O2S/c1-10(12-9-14-6-7-15-12)19(17,18)16(2)11-4-3-5-13-8-11/h6-7,9-11,13H,3-5,8H2,1-2H3/t10-,11-/m1/s1. The minimum Gasteiger partial charge on any atom is -0.315 e. The number of nitrogens with one attached hydrogen (secondary N) is 1. The molecular weight excluding hydrogens is 264 g/mol. The average Bonchev–Trinajstić information content (AvgIpc) is 2.47. The molecule has 0 saturated carbocycles.